The fourth-order valence-corrected chi connectivity index (χ4v) is 4.00. The predicted molar refractivity (Wildman–Crippen MR) is 78.7 cm³/mol. The molecule has 0 atom stereocenters. The van der Waals surface area contributed by atoms with E-state index < -0.39 is 15.7 Å². The molecular formula is C11H9BrN4O4S. The number of sulfonamides is 1. The van der Waals surface area contributed by atoms with Gasteiger partial charge in [0.05, 0.1) is 11.0 Å². The van der Waals surface area contributed by atoms with Crippen LogP contribution in [0.3, 0.4) is 0 Å². The molecule has 2 aromatic heterocycles. The minimum absolute atomic E-state index is 0.00847. The number of H-pyrrole nitrogens is 2. The van der Waals surface area contributed by atoms with Crippen LogP contribution in [-0.4, -0.2) is 23.5 Å². The molecule has 0 fully saturated rings. The molecule has 0 aliphatic heterocycles. The maximum Gasteiger partial charge on any atom is 0.323 e. The van der Waals surface area contributed by atoms with Crippen LogP contribution in [0.25, 0.3) is 11.0 Å². The molecule has 0 unspecified atom stereocenters. The van der Waals surface area contributed by atoms with Gasteiger partial charge in [0.15, 0.2) is 0 Å². The number of aromatic amines is 2. The van der Waals surface area contributed by atoms with Crippen LogP contribution in [0.1, 0.15) is 5.69 Å². The number of anilines is 1. The van der Waals surface area contributed by atoms with Gasteiger partial charge in [0.1, 0.15) is 22.5 Å². The van der Waals surface area contributed by atoms with Crippen LogP contribution >= 0.6 is 15.9 Å². The van der Waals surface area contributed by atoms with E-state index >= 15 is 0 Å². The molecule has 1 aromatic carbocycles. The average molecular weight is 373 g/mol. The van der Waals surface area contributed by atoms with E-state index in [-0.39, 0.29) is 10.6 Å². The molecule has 10 heteroatoms. The van der Waals surface area contributed by atoms with E-state index in [4.69, 9.17) is 0 Å². The number of aromatic nitrogens is 3. The molecule has 0 saturated heterocycles. The Bertz CT molecular complexity index is 985. The summed E-state index contributed by atoms with van der Waals surface area (Å²) in [6.45, 7) is 1.61. The van der Waals surface area contributed by atoms with Crippen molar-refractivity contribution in [1.29, 1.82) is 0 Å². The molecule has 8 nitrogen and oxygen atoms in total. The zero-order chi connectivity index (χ0) is 15.2. The second kappa shape index (κ2) is 4.74. The van der Waals surface area contributed by atoms with Gasteiger partial charge in [0, 0.05) is 4.47 Å². The van der Waals surface area contributed by atoms with Crippen molar-refractivity contribution >= 4 is 42.7 Å². The van der Waals surface area contributed by atoms with Crippen LogP contribution in [0.4, 0.5) is 5.69 Å². The molecule has 110 valence electrons. The Hall–Kier alpha value is -2.07. The van der Waals surface area contributed by atoms with E-state index in [0.29, 0.717) is 21.2 Å². The monoisotopic (exact) mass is 372 g/mol. The van der Waals surface area contributed by atoms with Crippen molar-refractivity contribution < 1.29 is 12.9 Å². The highest BCUT2D eigenvalue weighted by Gasteiger charge is 2.21. The molecule has 2 heterocycles. The summed E-state index contributed by atoms with van der Waals surface area (Å²) in [6, 6.07) is 2.88. The van der Waals surface area contributed by atoms with E-state index in [0.717, 1.165) is 0 Å². The first-order chi connectivity index (χ1) is 9.87. The summed E-state index contributed by atoms with van der Waals surface area (Å²) in [5, 5.41) is 3.60. The zero-order valence-electron chi connectivity index (χ0n) is 10.6. The Morgan fingerprint density at radius 3 is 2.57 bits per heavy atom. The van der Waals surface area contributed by atoms with Crippen LogP contribution in [0.5, 0.6) is 0 Å². The topological polar surface area (TPSA) is 121 Å². The van der Waals surface area contributed by atoms with Crippen LogP contribution in [0.2, 0.25) is 0 Å². The summed E-state index contributed by atoms with van der Waals surface area (Å²) >= 11 is 3.19. The Balaban J connectivity index is 2.12. The van der Waals surface area contributed by atoms with Crippen molar-refractivity contribution in [3.63, 3.8) is 0 Å². The number of imidazole rings is 1. The number of benzene rings is 1. The van der Waals surface area contributed by atoms with Crippen molar-refractivity contribution in [2.24, 2.45) is 0 Å². The van der Waals surface area contributed by atoms with E-state index in [1.165, 1.54) is 18.4 Å². The van der Waals surface area contributed by atoms with E-state index in [1.807, 2.05) is 0 Å². The quantitative estimate of drug-likeness (QED) is 0.646. The van der Waals surface area contributed by atoms with E-state index in [1.54, 1.807) is 6.92 Å². The number of nitrogens with zero attached hydrogens (tertiary/aromatic N) is 1. The molecule has 0 radical (unpaired) electrons. The summed E-state index contributed by atoms with van der Waals surface area (Å²) in [6.07, 6.45) is 1.21. The fourth-order valence-electron chi connectivity index (χ4n) is 1.83. The van der Waals surface area contributed by atoms with Gasteiger partial charge in [-0.05, 0) is 35.0 Å². The summed E-state index contributed by atoms with van der Waals surface area (Å²) in [7, 11) is -3.85. The Morgan fingerprint density at radius 1 is 1.29 bits per heavy atom. The van der Waals surface area contributed by atoms with Crippen LogP contribution < -0.4 is 10.4 Å². The lowest BCUT2D eigenvalue weighted by Crippen LogP contribution is -2.13. The van der Waals surface area contributed by atoms with Gasteiger partial charge in [-0.2, -0.15) is 0 Å². The SMILES string of the molecule is Cc1nocc1NS(=O)(=O)c1cc2[nH]c(=O)[nH]c2cc1Br. The number of halogens is 1. The lowest BCUT2D eigenvalue weighted by atomic mass is 10.3. The van der Waals surface area contributed by atoms with E-state index in [9.17, 15) is 13.2 Å². The van der Waals surface area contributed by atoms with Gasteiger partial charge >= 0.3 is 5.69 Å². The first-order valence-electron chi connectivity index (χ1n) is 5.72. The zero-order valence-corrected chi connectivity index (χ0v) is 13.0. The maximum atomic E-state index is 12.4. The van der Waals surface area contributed by atoms with Crippen molar-refractivity contribution in [3.8, 4) is 0 Å². The Morgan fingerprint density at radius 2 is 1.95 bits per heavy atom. The van der Waals surface area contributed by atoms with Gasteiger partial charge < -0.3 is 14.5 Å². The molecule has 0 spiro atoms. The third-order valence-corrected chi connectivity index (χ3v) is 5.18. The van der Waals surface area contributed by atoms with E-state index in [2.05, 4.69) is 40.3 Å². The highest BCUT2D eigenvalue weighted by Crippen LogP contribution is 2.28. The fraction of sp³-hybridized carbons (Fsp3) is 0.0909. The molecule has 0 saturated carbocycles. The molecule has 3 aromatic rings. The van der Waals surface area contributed by atoms with Gasteiger partial charge in [0.25, 0.3) is 10.0 Å². The number of aryl methyl sites for hydroxylation is 1. The Kier molecular flexibility index (Phi) is 3.14. The largest absolute Gasteiger partial charge is 0.362 e. The summed E-state index contributed by atoms with van der Waals surface area (Å²) < 4.78 is 32.2. The standard InChI is InChI=1S/C11H9BrN4O4S/c1-5-9(4-20-15-5)16-21(18,19)10-3-8-7(2-6(10)12)13-11(17)14-8/h2-4,16H,1H3,(H2,13,14,17). The molecule has 0 aliphatic rings. The second-order valence-corrected chi connectivity index (χ2v) is 6.83. The molecule has 3 rings (SSSR count). The van der Waals surface area contributed by atoms with Crippen LogP contribution in [0.15, 0.2) is 37.1 Å². The normalized spacial score (nSPS) is 11.9. The average Bonchev–Trinajstić information content (AvgIpc) is 2.93. The lowest BCUT2D eigenvalue weighted by molar-refractivity contribution is 0.415. The molecule has 0 amide bonds. The first-order valence-corrected chi connectivity index (χ1v) is 8.00. The summed E-state index contributed by atoms with van der Waals surface area (Å²) in [4.78, 5) is 16.3. The first kappa shape index (κ1) is 13.9. The van der Waals surface area contributed by atoms with Crippen molar-refractivity contribution in [2.45, 2.75) is 11.8 Å². The second-order valence-electron chi connectivity index (χ2n) is 4.33. The van der Waals surface area contributed by atoms with Crippen molar-refractivity contribution in [1.82, 2.24) is 15.1 Å². The van der Waals surface area contributed by atoms with Crippen LogP contribution in [0, 0.1) is 6.92 Å². The molecular weight excluding hydrogens is 364 g/mol. The third-order valence-electron chi connectivity index (χ3n) is 2.85. The number of hydrogen-bond acceptors (Lipinski definition) is 5. The molecule has 0 bridgehead atoms. The number of hydrogen-bond donors (Lipinski definition) is 3. The summed E-state index contributed by atoms with van der Waals surface area (Å²) in [5.74, 6) is 0. The van der Waals surface area contributed by atoms with Gasteiger partial charge in [-0.25, -0.2) is 13.2 Å². The highest BCUT2D eigenvalue weighted by atomic mass is 79.9. The van der Waals surface area contributed by atoms with Gasteiger partial charge in [-0.1, -0.05) is 5.16 Å². The van der Waals surface area contributed by atoms with Gasteiger partial charge in [-0.15, -0.1) is 0 Å². The number of fused-ring (bicyclic) bond motifs is 1. The van der Waals surface area contributed by atoms with Gasteiger partial charge in [-0.3, -0.25) is 4.72 Å². The number of rotatable bonds is 3. The van der Waals surface area contributed by atoms with Crippen molar-refractivity contribution in [3.05, 3.63) is 39.0 Å². The highest BCUT2D eigenvalue weighted by molar-refractivity contribution is 9.10. The van der Waals surface area contributed by atoms with Gasteiger partial charge in [0.2, 0.25) is 0 Å². The maximum absolute atomic E-state index is 12.4. The van der Waals surface area contributed by atoms with Crippen LogP contribution in [-0.2, 0) is 10.0 Å². The third kappa shape index (κ3) is 2.47. The Labute approximate surface area is 126 Å². The minimum atomic E-state index is -3.85. The predicted octanol–water partition coefficient (Wildman–Crippen LogP) is 1.72. The molecule has 21 heavy (non-hydrogen) atoms. The smallest absolute Gasteiger partial charge is 0.323 e. The minimum Gasteiger partial charge on any atom is -0.362 e. The summed E-state index contributed by atoms with van der Waals surface area (Å²) in [5.41, 5.74) is 1.17. The van der Waals surface area contributed by atoms with Crippen molar-refractivity contribution in [2.75, 3.05) is 4.72 Å². The lowest BCUT2D eigenvalue weighted by Gasteiger charge is -2.08. The number of nitrogens with one attached hydrogen (secondary N) is 3. The molecule has 3 N–H and O–H groups in total. The molecule has 0 aliphatic carbocycles.